The van der Waals surface area contributed by atoms with E-state index in [1.807, 2.05) is 30.3 Å². The molecule has 1 aliphatic carbocycles. The van der Waals surface area contributed by atoms with Crippen molar-refractivity contribution in [1.29, 1.82) is 0 Å². The highest BCUT2D eigenvalue weighted by atomic mass is 16.2. The number of hydrogen-bond donors (Lipinski definition) is 2. The summed E-state index contributed by atoms with van der Waals surface area (Å²) in [6.45, 7) is 0.0362. The molecular weight excluding hydrogens is 264 g/mol. The molecule has 4 nitrogen and oxygen atoms in total. The van der Waals surface area contributed by atoms with Crippen LogP contribution in [0.1, 0.15) is 37.7 Å². The van der Waals surface area contributed by atoms with Gasteiger partial charge >= 0.3 is 0 Å². The van der Waals surface area contributed by atoms with E-state index in [0.29, 0.717) is 0 Å². The van der Waals surface area contributed by atoms with Crippen molar-refractivity contribution < 1.29 is 9.59 Å². The van der Waals surface area contributed by atoms with Crippen LogP contribution in [0.5, 0.6) is 0 Å². The maximum Gasteiger partial charge on any atom is 0.244 e. The van der Waals surface area contributed by atoms with Gasteiger partial charge in [0.15, 0.2) is 0 Å². The number of hydrogen-bond acceptors (Lipinski definition) is 2. The molecule has 0 heterocycles. The van der Waals surface area contributed by atoms with Crippen molar-refractivity contribution in [3.8, 4) is 0 Å². The Morgan fingerprint density at radius 2 is 1.81 bits per heavy atom. The molecule has 1 aliphatic rings. The van der Waals surface area contributed by atoms with Crippen LogP contribution in [-0.2, 0) is 9.59 Å². The Morgan fingerprint density at radius 3 is 2.52 bits per heavy atom. The molecule has 2 N–H and O–H groups in total. The number of nitrogens with one attached hydrogen (secondary N) is 2. The van der Waals surface area contributed by atoms with E-state index in [2.05, 4.69) is 10.6 Å². The average molecular weight is 286 g/mol. The normalized spacial score (nSPS) is 15.8. The molecule has 2 amide bonds. The van der Waals surface area contributed by atoms with Crippen molar-refractivity contribution in [2.75, 3.05) is 6.54 Å². The molecule has 4 heteroatoms. The quantitative estimate of drug-likeness (QED) is 0.816. The van der Waals surface area contributed by atoms with Crippen LogP contribution >= 0.6 is 0 Å². The molecule has 0 unspecified atom stereocenters. The largest absolute Gasteiger partial charge is 0.352 e. The number of carbonyl (C=O) groups excluding carboxylic acids is 2. The van der Waals surface area contributed by atoms with Gasteiger partial charge in [0, 0.05) is 12.1 Å². The molecule has 21 heavy (non-hydrogen) atoms. The van der Waals surface area contributed by atoms with Crippen LogP contribution in [0.3, 0.4) is 0 Å². The fourth-order valence-electron chi connectivity index (χ4n) is 2.49. The summed E-state index contributed by atoms with van der Waals surface area (Å²) in [4.78, 5) is 23.4. The van der Waals surface area contributed by atoms with Crippen molar-refractivity contribution in [2.24, 2.45) is 0 Å². The Balaban J connectivity index is 1.68. The van der Waals surface area contributed by atoms with E-state index in [9.17, 15) is 9.59 Å². The SMILES string of the molecule is O=C(/C=C/c1ccccc1)NCC(=O)NC1CCCCC1. The lowest BCUT2D eigenvalue weighted by atomic mass is 9.95. The lowest BCUT2D eigenvalue weighted by Crippen LogP contribution is -2.42. The minimum atomic E-state index is -0.252. The summed E-state index contributed by atoms with van der Waals surface area (Å²) in [5.74, 6) is -0.360. The maximum absolute atomic E-state index is 11.7. The van der Waals surface area contributed by atoms with Gasteiger partial charge in [-0.2, -0.15) is 0 Å². The summed E-state index contributed by atoms with van der Waals surface area (Å²) in [7, 11) is 0. The lowest BCUT2D eigenvalue weighted by molar-refractivity contribution is -0.124. The first kappa shape index (κ1) is 15.3. The van der Waals surface area contributed by atoms with Crippen LogP contribution in [0.25, 0.3) is 6.08 Å². The third-order valence-electron chi connectivity index (χ3n) is 3.62. The number of benzene rings is 1. The number of carbonyl (C=O) groups is 2. The minimum absolute atomic E-state index is 0.0362. The highest BCUT2D eigenvalue weighted by molar-refractivity contribution is 5.94. The third-order valence-corrected chi connectivity index (χ3v) is 3.62. The lowest BCUT2D eigenvalue weighted by Gasteiger charge is -2.22. The van der Waals surface area contributed by atoms with Crippen LogP contribution < -0.4 is 10.6 Å². The van der Waals surface area contributed by atoms with Crippen molar-refractivity contribution >= 4 is 17.9 Å². The van der Waals surface area contributed by atoms with Crippen molar-refractivity contribution in [2.45, 2.75) is 38.1 Å². The molecule has 1 saturated carbocycles. The zero-order valence-corrected chi connectivity index (χ0v) is 12.2. The van der Waals surface area contributed by atoms with Gasteiger partial charge < -0.3 is 10.6 Å². The second-order valence-electron chi connectivity index (χ2n) is 5.36. The Morgan fingerprint density at radius 1 is 1.10 bits per heavy atom. The van der Waals surface area contributed by atoms with Gasteiger partial charge in [-0.25, -0.2) is 0 Å². The van der Waals surface area contributed by atoms with Crippen LogP contribution in [0.15, 0.2) is 36.4 Å². The molecule has 0 aromatic heterocycles. The van der Waals surface area contributed by atoms with Crippen LogP contribution in [0, 0.1) is 0 Å². The highest BCUT2D eigenvalue weighted by Crippen LogP contribution is 2.17. The third kappa shape index (κ3) is 5.81. The summed E-state index contributed by atoms with van der Waals surface area (Å²) < 4.78 is 0. The topological polar surface area (TPSA) is 58.2 Å². The Bertz CT molecular complexity index is 491. The van der Waals surface area contributed by atoms with Crippen molar-refractivity contribution in [3.05, 3.63) is 42.0 Å². The molecule has 2 rings (SSSR count). The second kappa shape index (κ2) is 8.25. The molecule has 0 aliphatic heterocycles. The average Bonchev–Trinajstić information content (AvgIpc) is 2.53. The van der Waals surface area contributed by atoms with E-state index < -0.39 is 0 Å². The monoisotopic (exact) mass is 286 g/mol. The molecule has 0 radical (unpaired) electrons. The summed E-state index contributed by atoms with van der Waals surface area (Å²) in [5.41, 5.74) is 0.958. The smallest absolute Gasteiger partial charge is 0.244 e. The molecule has 1 aromatic rings. The van der Waals surface area contributed by atoms with E-state index >= 15 is 0 Å². The van der Waals surface area contributed by atoms with Gasteiger partial charge in [-0.3, -0.25) is 9.59 Å². The Labute approximate surface area is 125 Å². The molecule has 112 valence electrons. The first-order valence-electron chi connectivity index (χ1n) is 7.54. The molecule has 0 bridgehead atoms. The molecular formula is C17H22N2O2. The highest BCUT2D eigenvalue weighted by Gasteiger charge is 2.15. The Hall–Kier alpha value is -2.10. The zero-order valence-electron chi connectivity index (χ0n) is 12.2. The van der Waals surface area contributed by atoms with Gasteiger partial charge in [-0.05, 0) is 24.5 Å². The zero-order chi connectivity index (χ0) is 14.9. The van der Waals surface area contributed by atoms with Crippen LogP contribution in [-0.4, -0.2) is 24.4 Å². The van der Waals surface area contributed by atoms with Crippen molar-refractivity contribution in [3.63, 3.8) is 0 Å². The molecule has 0 saturated heterocycles. The van der Waals surface area contributed by atoms with E-state index in [-0.39, 0.29) is 24.4 Å². The standard InChI is InChI=1S/C17H22N2O2/c20-16(12-11-14-7-3-1-4-8-14)18-13-17(21)19-15-9-5-2-6-10-15/h1,3-4,7-8,11-12,15H,2,5-6,9-10,13H2,(H,18,20)(H,19,21)/b12-11+. The fraction of sp³-hybridized carbons (Fsp3) is 0.412. The summed E-state index contributed by atoms with van der Waals surface area (Å²) in [5, 5.41) is 5.57. The summed E-state index contributed by atoms with van der Waals surface area (Å²) in [6.07, 6.45) is 8.89. The van der Waals surface area contributed by atoms with E-state index in [4.69, 9.17) is 0 Å². The first-order valence-corrected chi connectivity index (χ1v) is 7.54. The summed E-state index contributed by atoms with van der Waals surface area (Å²) in [6, 6.07) is 9.86. The van der Waals surface area contributed by atoms with Gasteiger partial charge in [-0.15, -0.1) is 0 Å². The fourth-order valence-corrected chi connectivity index (χ4v) is 2.49. The van der Waals surface area contributed by atoms with Gasteiger partial charge in [0.05, 0.1) is 6.54 Å². The molecule has 1 aromatic carbocycles. The van der Waals surface area contributed by atoms with E-state index in [1.54, 1.807) is 6.08 Å². The van der Waals surface area contributed by atoms with Gasteiger partial charge in [-0.1, -0.05) is 49.6 Å². The van der Waals surface area contributed by atoms with E-state index in [0.717, 1.165) is 18.4 Å². The first-order chi connectivity index (χ1) is 10.2. The van der Waals surface area contributed by atoms with Crippen LogP contribution in [0.4, 0.5) is 0 Å². The predicted octanol–water partition coefficient (Wildman–Crippen LogP) is 2.26. The second-order valence-corrected chi connectivity index (χ2v) is 5.36. The van der Waals surface area contributed by atoms with Crippen LogP contribution in [0.2, 0.25) is 0 Å². The van der Waals surface area contributed by atoms with Crippen molar-refractivity contribution in [1.82, 2.24) is 10.6 Å². The maximum atomic E-state index is 11.7. The molecule has 0 spiro atoms. The number of rotatable bonds is 5. The minimum Gasteiger partial charge on any atom is -0.352 e. The molecule has 1 fully saturated rings. The van der Waals surface area contributed by atoms with E-state index in [1.165, 1.54) is 25.3 Å². The predicted molar refractivity (Wildman–Crippen MR) is 83.5 cm³/mol. The van der Waals surface area contributed by atoms with Gasteiger partial charge in [0.2, 0.25) is 11.8 Å². The van der Waals surface area contributed by atoms with Gasteiger partial charge in [0.1, 0.15) is 0 Å². The molecule has 0 atom stereocenters. The Kier molecular flexibility index (Phi) is 6.00. The summed E-state index contributed by atoms with van der Waals surface area (Å²) >= 11 is 0. The number of amides is 2. The van der Waals surface area contributed by atoms with Gasteiger partial charge in [0.25, 0.3) is 0 Å².